The van der Waals surface area contributed by atoms with Crippen LogP contribution in [0.1, 0.15) is 113 Å². The lowest BCUT2D eigenvalue weighted by Gasteiger charge is -2.66. The van der Waals surface area contributed by atoms with E-state index in [1.165, 1.54) is 12.5 Å². The Morgan fingerprint density at radius 3 is 2.09 bits per heavy atom. The third kappa shape index (κ3) is 7.77. The molecule has 4 saturated carbocycles. The van der Waals surface area contributed by atoms with Crippen LogP contribution in [0.5, 0.6) is 0 Å². The summed E-state index contributed by atoms with van der Waals surface area (Å²) in [6.45, 7) is 13.5. The van der Waals surface area contributed by atoms with Crippen molar-refractivity contribution in [2.45, 2.75) is 205 Å². The molecule has 9 N–H and O–H groups in total. The number of allylic oxidation sites excluding steroid dienone is 2. The second-order valence-electron chi connectivity index (χ2n) is 22.6. The topological polar surface area (TPSA) is 272 Å². The molecule has 3 heterocycles. The molecule has 0 unspecified atom stereocenters. The van der Waals surface area contributed by atoms with Crippen molar-refractivity contribution >= 4 is 11.8 Å². The normalized spacial score (nSPS) is 52.3. The molecule has 7 fully saturated rings. The summed E-state index contributed by atoms with van der Waals surface area (Å²) in [7, 11) is 0. The van der Waals surface area contributed by atoms with E-state index in [1.54, 1.807) is 0 Å². The number of carbonyl (C=O) groups excluding carboxylic acids is 2. The van der Waals surface area contributed by atoms with Crippen molar-refractivity contribution < 1.29 is 84.0 Å². The predicted octanol–water partition coefficient (Wildman–Crippen LogP) is 0.986. The monoisotopic (exact) mass is 910 g/mol. The molecule has 0 amide bonds. The van der Waals surface area contributed by atoms with Crippen LogP contribution < -0.4 is 0 Å². The number of hydrogen-bond acceptors (Lipinski definition) is 17. The van der Waals surface area contributed by atoms with Crippen LogP contribution in [0, 0.1) is 50.7 Å². The molecule has 0 spiro atoms. The fourth-order valence-electron chi connectivity index (χ4n) is 14.5. The molecule has 64 heavy (non-hydrogen) atoms. The molecule has 5 aliphatic carbocycles. The standard InChI is InChI=1S/C47H74O17/c1-21-30(50)32(52)35(55)40(60-21)63-38-26(18-48)61-39(37(57)34(38)54)59-19-27-31(51)33(53)36(56)41(62-27)64-42(58)47-15-12-23-22-8-11-28-44(4,5)29(49)13-14-45(28,6)24(22)9-10-25(23)46(47,7)20-43(2,3)16-17-47/h12,21-22,24-28,30-41,48,50-57H,8-11,13-20H2,1-7H3/t21-,22-,24-,25-,26+,27+,28-,30-,31+,32+,33-,34+,35+,36+,37+,38+,39+,40-,41-,45+,46-,47-/m0/s1. The predicted molar refractivity (Wildman–Crippen MR) is 223 cm³/mol. The summed E-state index contributed by atoms with van der Waals surface area (Å²) in [5.74, 6) is 1.09. The van der Waals surface area contributed by atoms with E-state index in [4.69, 9.17) is 28.4 Å². The first-order valence-electron chi connectivity index (χ1n) is 23.7. The number of ether oxygens (including phenoxy) is 6. The minimum Gasteiger partial charge on any atom is -0.432 e. The van der Waals surface area contributed by atoms with Crippen LogP contribution in [0.2, 0.25) is 0 Å². The number of aliphatic hydroxyl groups is 9. The van der Waals surface area contributed by atoms with E-state index in [2.05, 4.69) is 47.6 Å². The Labute approximate surface area is 375 Å². The van der Waals surface area contributed by atoms with Gasteiger partial charge in [-0.1, -0.05) is 53.2 Å². The molecule has 17 nitrogen and oxygen atoms in total. The van der Waals surface area contributed by atoms with Crippen LogP contribution in [-0.2, 0) is 38.0 Å². The van der Waals surface area contributed by atoms with Crippen molar-refractivity contribution in [3.8, 4) is 0 Å². The van der Waals surface area contributed by atoms with Gasteiger partial charge in [-0.3, -0.25) is 9.59 Å². The number of aliphatic hydroxyl groups excluding tert-OH is 9. The molecule has 0 aromatic carbocycles. The van der Waals surface area contributed by atoms with Crippen molar-refractivity contribution in [3.63, 3.8) is 0 Å². The first-order chi connectivity index (χ1) is 29.9. The van der Waals surface area contributed by atoms with Gasteiger partial charge >= 0.3 is 5.97 Å². The Morgan fingerprint density at radius 1 is 0.734 bits per heavy atom. The molecule has 8 rings (SSSR count). The quantitative estimate of drug-likeness (QED) is 0.121. The van der Waals surface area contributed by atoms with Crippen molar-refractivity contribution in [1.29, 1.82) is 0 Å². The Kier molecular flexibility index (Phi) is 13.2. The smallest absolute Gasteiger partial charge is 0.315 e. The number of ketones is 1. The highest BCUT2D eigenvalue weighted by Gasteiger charge is 2.67. The molecule has 3 saturated heterocycles. The number of hydrogen-bond donors (Lipinski definition) is 9. The maximum Gasteiger partial charge on any atom is 0.315 e. The lowest BCUT2D eigenvalue weighted by molar-refractivity contribution is -0.361. The Bertz CT molecular complexity index is 1770. The van der Waals surface area contributed by atoms with Crippen LogP contribution in [0.25, 0.3) is 0 Å². The van der Waals surface area contributed by atoms with Crippen LogP contribution in [0.4, 0.5) is 0 Å². The second-order valence-corrected chi connectivity index (χ2v) is 22.6. The van der Waals surface area contributed by atoms with Crippen molar-refractivity contribution in [2.75, 3.05) is 13.2 Å². The Morgan fingerprint density at radius 2 is 1.39 bits per heavy atom. The van der Waals surface area contributed by atoms with E-state index in [0.717, 1.165) is 44.9 Å². The summed E-state index contributed by atoms with van der Waals surface area (Å²) in [6, 6.07) is 0. The second kappa shape index (κ2) is 17.4. The third-order valence-corrected chi connectivity index (χ3v) is 18.2. The molecular weight excluding hydrogens is 837 g/mol. The number of rotatable bonds is 8. The summed E-state index contributed by atoms with van der Waals surface area (Å²) in [5.41, 5.74) is -0.404. The van der Waals surface area contributed by atoms with Gasteiger partial charge in [0, 0.05) is 11.8 Å². The lowest BCUT2D eigenvalue weighted by atomic mass is 9.38. The molecule has 0 radical (unpaired) electrons. The van der Waals surface area contributed by atoms with Gasteiger partial charge in [0.15, 0.2) is 12.6 Å². The largest absolute Gasteiger partial charge is 0.432 e. The van der Waals surface area contributed by atoms with Gasteiger partial charge in [-0.2, -0.15) is 0 Å². The maximum absolute atomic E-state index is 15.0. The highest BCUT2D eigenvalue weighted by Crippen LogP contribution is 2.71. The maximum atomic E-state index is 15.0. The molecule has 0 aromatic heterocycles. The van der Waals surface area contributed by atoms with Gasteiger partial charge in [0.2, 0.25) is 6.29 Å². The molecule has 0 aromatic rings. The first-order valence-corrected chi connectivity index (χ1v) is 23.7. The van der Waals surface area contributed by atoms with E-state index in [9.17, 15) is 55.5 Å². The van der Waals surface area contributed by atoms with E-state index >= 15 is 0 Å². The summed E-state index contributed by atoms with van der Waals surface area (Å²) >= 11 is 0. The molecular formula is C47H74O17. The summed E-state index contributed by atoms with van der Waals surface area (Å²) < 4.78 is 34.7. The molecule has 0 bridgehead atoms. The van der Waals surface area contributed by atoms with E-state index in [0.29, 0.717) is 42.8 Å². The minimum absolute atomic E-state index is 0.0511. The van der Waals surface area contributed by atoms with Gasteiger partial charge in [-0.25, -0.2) is 0 Å². The zero-order valence-corrected chi connectivity index (χ0v) is 38.3. The van der Waals surface area contributed by atoms with E-state index < -0.39 is 122 Å². The first kappa shape index (κ1) is 48.8. The van der Waals surface area contributed by atoms with Crippen LogP contribution in [0.15, 0.2) is 11.6 Å². The van der Waals surface area contributed by atoms with Gasteiger partial charge in [-0.15, -0.1) is 0 Å². The molecule has 8 aliphatic rings. The highest BCUT2D eigenvalue weighted by atomic mass is 16.8. The Hall–Kier alpha value is -1.68. The van der Waals surface area contributed by atoms with Gasteiger partial charge < -0.3 is 74.4 Å². The van der Waals surface area contributed by atoms with Gasteiger partial charge in [-0.05, 0) is 105 Å². The van der Waals surface area contributed by atoms with Gasteiger partial charge in [0.05, 0.1) is 24.7 Å². The fourth-order valence-corrected chi connectivity index (χ4v) is 14.5. The summed E-state index contributed by atoms with van der Waals surface area (Å²) in [5, 5.41) is 96.3. The van der Waals surface area contributed by atoms with Crippen molar-refractivity contribution in [3.05, 3.63) is 11.6 Å². The molecule has 17 heteroatoms. The van der Waals surface area contributed by atoms with Crippen molar-refractivity contribution in [2.24, 2.45) is 50.7 Å². The molecule has 364 valence electrons. The van der Waals surface area contributed by atoms with Crippen LogP contribution in [0.3, 0.4) is 0 Å². The van der Waals surface area contributed by atoms with Crippen LogP contribution in [-0.4, -0.2) is 163 Å². The number of Topliss-reactive ketones (excluding diaryl/α,β-unsaturated/α-hetero) is 1. The van der Waals surface area contributed by atoms with Gasteiger partial charge in [0.1, 0.15) is 72.9 Å². The number of fused-ring (bicyclic) bond motifs is 7. The SMILES string of the molecule is C[C@@H]1O[C@@H](O[C@H]2[C@H](O)[C@@H](O)[C@H](OC[C@H]3O[C@@H](OC(=O)[C@@]45CC=C6[C@@H]7CC[C@H]8C(C)(C)C(=O)CC[C@]8(C)[C@H]7CC[C@@H]6[C@]4(C)CC(C)(C)CC5)[C@H](O)[C@@H](O)[C@@H]3O)O[C@@H]2CO)[C@H](O)[C@H](O)[C@H]1O. The van der Waals surface area contributed by atoms with E-state index in [1.807, 2.05) is 0 Å². The number of esters is 1. The van der Waals surface area contributed by atoms with Crippen LogP contribution >= 0.6 is 0 Å². The summed E-state index contributed by atoms with van der Waals surface area (Å²) in [6.07, 6.45) is -13.7. The Balaban J connectivity index is 0.966. The summed E-state index contributed by atoms with van der Waals surface area (Å²) in [4.78, 5) is 28.1. The van der Waals surface area contributed by atoms with E-state index in [-0.39, 0.29) is 22.2 Å². The van der Waals surface area contributed by atoms with Gasteiger partial charge in [0.25, 0.3) is 0 Å². The minimum atomic E-state index is -1.84. The highest BCUT2D eigenvalue weighted by molar-refractivity contribution is 5.85. The fraction of sp³-hybridized carbons (Fsp3) is 0.915. The zero-order valence-electron chi connectivity index (χ0n) is 38.3. The third-order valence-electron chi connectivity index (χ3n) is 18.2. The van der Waals surface area contributed by atoms with Crippen molar-refractivity contribution in [1.82, 2.24) is 0 Å². The average Bonchev–Trinajstić information content (AvgIpc) is 3.24. The number of carbonyl (C=O) groups is 2. The lowest BCUT2D eigenvalue weighted by Crippen LogP contribution is -2.65. The molecule has 3 aliphatic heterocycles. The zero-order chi connectivity index (χ0) is 46.6. The average molecular weight is 911 g/mol. The molecule has 22 atom stereocenters.